The first kappa shape index (κ1) is 12.4. The number of nitrogens with one attached hydrogen (secondary N) is 1. The van der Waals surface area contributed by atoms with E-state index in [9.17, 15) is 0 Å². The highest BCUT2D eigenvalue weighted by atomic mass is 16.5. The third kappa shape index (κ3) is 2.60. The van der Waals surface area contributed by atoms with Gasteiger partial charge in [0.2, 0.25) is 0 Å². The van der Waals surface area contributed by atoms with Crippen LogP contribution in [0.15, 0.2) is 0 Å². The number of hydrogen-bond donors (Lipinski definition) is 1. The predicted octanol–water partition coefficient (Wildman–Crippen LogP) is 3.11. The molecule has 0 aliphatic heterocycles. The van der Waals surface area contributed by atoms with E-state index in [2.05, 4.69) is 12.2 Å². The van der Waals surface area contributed by atoms with E-state index in [0.717, 1.165) is 0 Å². The molecule has 0 radical (unpaired) electrons. The van der Waals surface area contributed by atoms with Gasteiger partial charge in [0.05, 0.1) is 6.10 Å². The largest absolute Gasteiger partial charge is 0.380 e. The van der Waals surface area contributed by atoms with Crippen LogP contribution in [0.3, 0.4) is 0 Å². The molecule has 2 fully saturated rings. The Morgan fingerprint density at radius 2 is 1.94 bits per heavy atom. The first-order valence-electron chi connectivity index (χ1n) is 7.06. The maximum absolute atomic E-state index is 5.59. The third-order valence-corrected chi connectivity index (χ3v) is 4.91. The molecule has 0 bridgehead atoms. The summed E-state index contributed by atoms with van der Waals surface area (Å²) in [6.07, 6.45) is 11.4. The van der Waals surface area contributed by atoms with Crippen molar-refractivity contribution in [2.45, 2.75) is 70.4 Å². The molecule has 0 spiro atoms. The number of ether oxygens (including phenoxy) is 1. The molecule has 94 valence electrons. The van der Waals surface area contributed by atoms with Crippen molar-refractivity contribution < 1.29 is 4.74 Å². The van der Waals surface area contributed by atoms with Gasteiger partial charge in [-0.15, -0.1) is 0 Å². The van der Waals surface area contributed by atoms with Crippen molar-refractivity contribution in [1.82, 2.24) is 5.32 Å². The average Bonchev–Trinajstić information content (AvgIpc) is 2.29. The van der Waals surface area contributed by atoms with Crippen molar-refractivity contribution in [3.63, 3.8) is 0 Å². The predicted molar refractivity (Wildman–Crippen MR) is 67.6 cm³/mol. The van der Waals surface area contributed by atoms with Crippen LogP contribution in [-0.4, -0.2) is 25.8 Å². The minimum Gasteiger partial charge on any atom is -0.380 e. The summed E-state index contributed by atoms with van der Waals surface area (Å²) in [4.78, 5) is 0. The van der Waals surface area contributed by atoms with Crippen LogP contribution in [0.25, 0.3) is 0 Å². The van der Waals surface area contributed by atoms with Gasteiger partial charge in [-0.3, -0.25) is 0 Å². The van der Waals surface area contributed by atoms with Gasteiger partial charge in [-0.25, -0.2) is 0 Å². The molecule has 2 aliphatic rings. The van der Waals surface area contributed by atoms with Gasteiger partial charge in [0.1, 0.15) is 0 Å². The van der Waals surface area contributed by atoms with Crippen molar-refractivity contribution in [1.29, 1.82) is 0 Å². The molecule has 2 saturated carbocycles. The van der Waals surface area contributed by atoms with Crippen LogP contribution in [0.5, 0.6) is 0 Å². The lowest BCUT2D eigenvalue weighted by atomic mass is 9.67. The summed E-state index contributed by atoms with van der Waals surface area (Å²) in [6.45, 7) is 3.56. The molecule has 0 heterocycles. The Labute approximate surface area is 100 Å². The summed E-state index contributed by atoms with van der Waals surface area (Å²) in [5.41, 5.74) is 0.635. The van der Waals surface area contributed by atoms with Crippen LogP contribution in [0, 0.1) is 5.41 Å². The fourth-order valence-corrected chi connectivity index (χ4v) is 3.29. The molecule has 0 aromatic rings. The molecule has 0 amide bonds. The summed E-state index contributed by atoms with van der Waals surface area (Å²) < 4.78 is 5.59. The molecule has 2 heteroatoms. The monoisotopic (exact) mass is 225 g/mol. The van der Waals surface area contributed by atoms with E-state index in [-0.39, 0.29) is 0 Å². The van der Waals surface area contributed by atoms with Crippen LogP contribution in [-0.2, 0) is 4.74 Å². The third-order valence-electron chi connectivity index (χ3n) is 4.91. The minimum absolute atomic E-state index is 0.461. The van der Waals surface area contributed by atoms with E-state index in [1.54, 1.807) is 0 Å². The van der Waals surface area contributed by atoms with Gasteiger partial charge in [0.15, 0.2) is 0 Å². The normalized spacial score (nSPS) is 33.4. The lowest BCUT2D eigenvalue weighted by Crippen LogP contribution is -2.49. The fourth-order valence-electron chi connectivity index (χ4n) is 3.29. The lowest BCUT2D eigenvalue weighted by molar-refractivity contribution is 0.0296. The maximum atomic E-state index is 5.59. The summed E-state index contributed by atoms with van der Waals surface area (Å²) in [5.74, 6) is 0. The molecule has 2 nitrogen and oxygen atoms in total. The van der Waals surface area contributed by atoms with E-state index < -0.39 is 0 Å². The van der Waals surface area contributed by atoms with E-state index in [0.29, 0.717) is 17.6 Å². The van der Waals surface area contributed by atoms with Crippen molar-refractivity contribution in [3.8, 4) is 0 Å². The zero-order chi connectivity index (χ0) is 11.4. The molecule has 0 aromatic heterocycles. The Balaban J connectivity index is 1.79. The van der Waals surface area contributed by atoms with Gasteiger partial charge in [0.25, 0.3) is 0 Å². The Hall–Kier alpha value is -0.0800. The second-order valence-corrected chi connectivity index (χ2v) is 5.75. The number of hydrogen-bond acceptors (Lipinski definition) is 2. The maximum Gasteiger partial charge on any atom is 0.0724 e. The van der Waals surface area contributed by atoms with Crippen molar-refractivity contribution >= 4 is 0 Å². The molecular weight excluding hydrogens is 198 g/mol. The van der Waals surface area contributed by atoms with Crippen molar-refractivity contribution in [3.05, 3.63) is 0 Å². The van der Waals surface area contributed by atoms with Gasteiger partial charge >= 0.3 is 0 Å². The van der Waals surface area contributed by atoms with Crippen molar-refractivity contribution in [2.75, 3.05) is 13.7 Å². The second-order valence-electron chi connectivity index (χ2n) is 5.75. The van der Waals surface area contributed by atoms with Crippen LogP contribution in [0.4, 0.5) is 0 Å². The SMILES string of the molecule is CCC1(CNC2CCCCC2OC)CCC1. The molecule has 2 rings (SSSR count). The topological polar surface area (TPSA) is 21.3 Å². The number of methoxy groups -OCH3 is 1. The highest BCUT2D eigenvalue weighted by molar-refractivity contribution is 4.91. The van der Waals surface area contributed by atoms with E-state index in [1.165, 1.54) is 57.9 Å². The van der Waals surface area contributed by atoms with Gasteiger partial charge < -0.3 is 10.1 Å². The van der Waals surface area contributed by atoms with Crippen LogP contribution < -0.4 is 5.32 Å². The lowest BCUT2D eigenvalue weighted by Gasteiger charge is -2.43. The second kappa shape index (κ2) is 5.50. The number of rotatable bonds is 5. The summed E-state index contributed by atoms with van der Waals surface area (Å²) in [6, 6.07) is 0.614. The Bertz CT molecular complexity index is 207. The smallest absolute Gasteiger partial charge is 0.0724 e. The molecule has 16 heavy (non-hydrogen) atoms. The van der Waals surface area contributed by atoms with Gasteiger partial charge in [0, 0.05) is 19.7 Å². The van der Waals surface area contributed by atoms with Gasteiger partial charge in [-0.2, -0.15) is 0 Å². The molecular formula is C14H27NO. The molecule has 2 atom stereocenters. The molecule has 2 unspecified atom stereocenters. The fraction of sp³-hybridized carbons (Fsp3) is 1.00. The van der Waals surface area contributed by atoms with Gasteiger partial charge in [-0.1, -0.05) is 26.2 Å². The first-order valence-corrected chi connectivity index (χ1v) is 7.06. The Morgan fingerprint density at radius 3 is 2.50 bits per heavy atom. The average molecular weight is 225 g/mol. The van der Waals surface area contributed by atoms with Crippen molar-refractivity contribution in [2.24, 2.45) is 5.41 Å². The summed E-state index contributed by atoms with van der Waals surface area (Å²) in [5, 5.41) is 3.79. The van der Waals surface area contributed by atoms with E-state index in [4.69, 9.17) is 4.74 Å². The quantitative estimate of drug-likeness (QED) is 0.776. The molecule has 2 aliphatic carbocycles. The summed E-state index contributed by atoms with van der Waals surface area (Å²) in [7, 11) is 1.86. The highest BCUT2D eigenvalue weighted by Crippen LogP contribution is 2.43. The van der Waals surface area contributed by atoms with E-state index >= 15 is 0 Å². The molecule has 0 aromatic carbocycles. The van der Waals surface area contributed by atoms with E-state index in [1.807, 2.05) is 7.11 Å². The zero-order valence-corrected chi connectivity index (χ0v) is 10.9. The molecule has 0 saturated heterocycles. The Kier molecular flexibility index (Phi) is 4.26. The summed E-state index contributed by atoms with van der Waals surface area (Å²) >= 11 is 0. The Morgan fingerprint density at radius 1 is 1.19 bits per heavy atom. The van der Waals surface area contributed by atoms with Gasteiger partial charge in [-0.05, 0) is 37.5 Å². The standard InChI is InChI=1S/C14H27NO/c1-3-14(9-6-10-14)11-15-12-7-4-5-8-13(12)16-2/h12-13,15H,3-11H2,1-2H3. The molecule has 1 N–H and O–H groups in total. The van der Waals surface area contributed by atoms with Crippen LogP contribution >= 0.6 is 0 Å². The van der Waals surface area contributed by atoms with Crippen LogP contribution in [0.1, 0.15) is 58.3 Å². The zero-order valence-electron chi connectivity index (χ0n) is 10.9. The highest BCUT2D eigenvalue weighted by Gasteiger charge is 2.36. The minimum atomic E-state index is 0.461. The van der Waals surface area contributed by atoms with Crippen LogP contribution in [0.2, 0.25) is 0 Å². The first-order chi connectivity index (χ1) is 7.79.